The Kier molecular flexibility index (Phi) is 8.72. The molecule has 31 heavy (non-hydrogen) atoms. The number of hydrogen-bond donors (Lipinski definition) is 1. The fourth-order valence-electron chi connectivity index (χ4n) is 3.65. The third kappa shape index (κ3) is 6.43. The first-order valence-corrected chi connectivity index (χ1v) is 11.3. The molecule has 6 nitrogen and oxygen atoms in total. The normalized spacial score (nSPS) is 14.5. The van der Waals surface area contributed by atoms with Crippen molar-refractivity contribution < 1.29 is 14.7 Å². The molecule has 0 atom stereocenters. The summed E-state index contributed by atoms with van der Waals surface area (Å²) < 4.78 is 0. The van der Waals surface area contributed by atoms with Crippen LogP contribution in [0.2, 0.25) is 5.02 Å². The van der Waals surface area contributed by atoms with Crippen LogP contribution in [0.4, 0.5) is 5.69 Å². The second-order valence-corrected chi connectivity index (χ2v) is 8.16. The van der Waals surface area contributed by atoms with Gasteiger partial charge in [-0.15, -0.1) is 11.6 Å². The highest BCUT2D eigenvalue weighted by Crippen LogP contribution is 2.18. The third-order valence-electron chi connectivity index (χ3n) is 5.45. The number of hydrogen-bond acceptors (Lipinski definition) is 4. The quantitative estimate of drug-likeness (QED) is 0.611. The lowest BCUT2D eigenvalue weighted by molar-refractivity contribution is -0.116. The van der Waals surface area contributed by atoms with E-state index in [4.69, 9.17) is 23.2 Å². The van der Waals surface area contributed by atoms with Crippen molar-refractivity contribution >= 4 is 40.7 Å². The van der Waals surface area contributed by atoms with E-state index >= 15 is 0 Å². The first kappa shape index (κ1) is 23.5. The zero-order chi connectivity index (χ0) is 22.2. The van der Waals surface area contributed by atoms with Gasteiger partial charge in [0, 0.05) is 55.5 Å². The predicted octanol–water partition coefficient (Wildman–Crippen LogP) is 2.90. The van der Waals surface area contributed by atoms with Gasteiger partial charge in [-0.3, -0.25) is 14.5 Å². The van der Waals surface area contributed by atoms with E-state index < -0.39 is 0 Å². The number of alkyl halides is 1. The van der Waals surface area contributed by atoms with Crippen LogP contribution in [0.1, 0.15) is 15.9 Å². The molecule has 0 aliphatic carbocycles. The van der Waals surface area contributed by atoms with Gasteiger partial charge < -0.3 is 14.9 Å². The van der Waals surface area contributed by atoms with Crippen LogP contribution in [-0.2, 0) is 11.2 Å². The van der Waals surface area contributed by atoms with E-state index in [1.54, 1.807) is 24.3 Å². The van der Waals surface area contributed by atoms with E-state index in [2.05, 4.69) is 4.90 Å². The van der Waals surface area contributed by atoms with Crippen LogP contribution >= 0.6 is 23.2 Å². The number of amides is 2. The molecule has 1 saturated heterocycles. The largest absolute Gasteiger partial charge is 0.395 e. The van der Waals surface area contributed by atoms with E-state index in [-0.39, 0.29) is 30.8 Å². The Morgan fingerprint density at radius 3 is 2.19 bits per heavy atom. The predicted molar refractivity (Wildman–Crippen MR) is 124 cm³/mol. The van der Waals surface area contributed by atoms with Gasteiger partial charge in [-0.05, 0) is 48.4 Å². The Balaban J connectivity index is 1.51. The molecule has 8 heteroatoms. The van der Waals surface area contributed by atoms with E-state index in [9.17, 15) is 14.7 Å². The monoisotopic (exact) mass is 463 g/mol. The lowest BCUT2D eigenvalue weighted by atomic mass is 10.1. The number of halogens is 2. The van der Waals surface area contributed by atoms with Crippen molar-refractivity contribution in [2.24, 2.45) is 0 Å². The molecule has 1 aliphatic rings. The zero-order valence-electron chi connectivity index (χ0n) is 17.3. The van der Waals surface area contributed by atoms with Crippen LogP contribution < -0.4 is 4.90 Å². The van der Waals surface area contributed by atoms with Crippen LogP contribution in [0.15, 0.2) is 48.5 Å². The van der Waals surface area contributed by atoms with Gasteiger partial charge in [-0.25, -0.2) is 0 Å². The molecule has 1 fully saturated rings. The van der Waals surface area contributed by atoms with Crippen LogP contribution in [0.25, 0.3) is 0 Å². The molecule has 2 amide bonds. The van der Waals surface area contributed by atoms with Gasteiger partial charge in [0.05, 0.1) is 6.61 Å². The summed E-state index contributed by atoms with van der Waals surface area (Å²) in [7, 11) is 0. The number of benzene rings is 2. The number of rotatable bonds is 8. The highest BCUT2D eigenvalue weighted by Gasteiger charge is 2.22. The minimum absolute atomic E-state index is 0.0127. The lowest BCUT2D eigenvalue weighted by Gasteiger charge is -2.35. The van der Waals surface area contributed by atoms with Gasteiger partial charge in [0.1, 0.15) is 5.88 Å². The molecule has 0 saturated carbocycles. The zero-order valence-corrected chi connectivity index (χ0v) is 18.9. The van der Waals surface area contributed by atoms with Gasteiger partial charge in [0.15, 0.2) is 0 Å². The molecule has 2 aromatic rings. The number of piperazine rings is 1. The molecule has 1 aliphatic heterocycles. The fourth-order valence-corrected chi connectivity index (χ4v) is 3.92. The molecule has 0 spiro atoms. The van der Waals surface area contributed by atoms with Crippen LogP contribution in [-0.4, -0.2) is 78.5 Å². The molecule has 166 valence electrons. The number of carbonyl (C=O) groups is 2. The fraction of sp³-hybridized carbons (Fsp3) is 0.391. The number of aliphatic hydroxyl groups is 1. The van der Waals surface area contributed by atoms with Gasteiger partial charge in [-0.1, -0.05) is 23.7 Å². The maximum absolute atomic E-state index is 12.9. The molecule has 0 aromatic heterocycles. The van der Waals surface area contributed by atoms with Crippen molar-refractivity contribution in [1.82, 2.24) is 9.80 Å². The first-order valence-electron chi connectivity index (χ1n) is 10.3. The van der Waals surface area contributed by atoms with Crippen LogP contribution in [0, 0.1) is 0 Å². The van der Waals surface area contributed by atoms with Gasteiger partial charge in [-0.2, -0.15) is 0 Å². The minimum Gasteiger partial charge on any atom is -0.395 e. The Hall–Kier alpha value is -2.12. The molecule has 1 heterocycles. The first-order chi connectivity index (χ1) is 15.0. The standard InChI is InChI=1S/C23H27Cl2N3O3/c24-17-22(30)28(15-16-29)21-7-3-19(4-8-21)23(31)27-13-11-26(12-14-27)10-9-18-1-5-20(25)6-2-18/h1-8,29H,9-17H2. The Morgan fingerprint density at radius 2 is 1.61 bits per heavy atom. The number of aliphatic hydroxyl groups excluding tert-OH is 1. The lowest BCUT2D eigenvalue weighted by Crippen LogP contribution is -2.49. The summed E-state index contributed by atoms with van der Waals surface area (Å²) in [6.07, 6.45) is 0.956. The highest BCUT2D eigenvalue weighted by atomic mass is 35.5. The molecule has 1 N–H and O–H groups in total. The summed E-state index contributed by atoms with van der Waals surface area (Å²) in [5.41, 5.74) is 2.45. The minimum atomic E-state index is -0.287. The van der Waals surface area contributed by atoms with Gasteiger partial charge >= 0.3 is 0 Å². The van der Waals surface area contributed by atoms with Crippen molar-refractivity contribution in [3.8, 4) is 0 Å². The van der Waals surface area contributed by atoms with E-state index in [1.807, 2.05) is 29.2 Å². The van der Waals surface area contributed by atoms with Gasteiger partial charge in [0.25, 0.3) is 5.91 Å². The van der Waals surface area contributed by atoms with E-state index in [0.717, 1.165) is 31.1 Å². The molecule has 2 aromatic carbocycles. The third-order valence-corrected chi connectivity index (χ3v) is 5.93. The van der Waals surface area contributed by atoms with E-state index in [1.165, 1.54) is 10.5 Å². The van der Waals surface area contributed by atoms with Crippen molar-refractivity contribution in [3.05, 3.63) is 64.7 Å². The molecular formula is C23H27Cl2N3O3. The summed E-state index contributed by atoms with van der Waals surface area (Å²) in [6, 6.07) is 14.8. The molecule has 0 radical (unpaired) electrons. The second-order valence-electron chi connectivity index (χ2n) is 7.46. The summed E-state index contributed by atoms with van der Waals surface area (Å²) in [4.78, 5) is 30.5. The summed E-state index contributed by atoms with van der Waals surface area (Å²) in [6.45, 7) is 4.00. The summed E-state index contributed by atoms with van der Waals surface area (Å²) >= 11 is 11.6. The van der Waals surface area contributed by atoms with Crippen molar-refractivity contribution in [1.29, 1.82) is 0 Å². The summed E-state index contributed by atoms with van der Waals surface area (Å²) in [5, 5.41) is 9.93. The molecule has 0 bridgehead atoms. The topological polar surface area (TPSA) is 64.1 Å². The Labute approximate surface area is 193 Å². The SMILES string of the molecule is O=C(c1ccc(N(CCO)C(=O)CCl)cc1)N1CCN(CCc2ccc(Cl)cc2)CC1. The maximum atomic E-state index is 12.9. The maximum Gasteiger partial charge on any atom is 0.253 e. The number of anilines is 1. The summed E-state index contributed by atoms with van der Waals surface area (Å²) in [5.74, 6) is -0.464. The number of carbonyl (C=O) groups excluding carboxylic acids is 2. The Morgan fingerprint density at radius 1 is 0.968 bits per heavy atom. The van der Waals surface area contributed by atoms with Crippen molar-refractivity contribution in [3.63, 3.8) is 0 Å². The van der Waals surface area contributed by atoms with Crippen molar-refractivity contribution in [2.75, 3.05) is 56.7 Å². The van der Waals surface area contributed by atoms with Crippen molar-refractivity contribution in [2.45, 2.75) is 6.42 Å². The second kappa shape index (κ2) is 11.5. The molecule has 0 unspecified atom stereocenters. The van der Waals surface area contributed by atoms with Gasteiger partial charge in [0.2, 0.25) is 5.91 Å². The van der Waals surface area contributed by atoms with Crippen LogP contribution in [0.3, 0.4) is 0 Å². The Bertz CT molecular complexity index is 867. The average molecular weight is 464 g/mol. The highest BCUT2D eigenvalue weighted by molar-refractivity contribution is 6.30. The molecule has 3 rings (SSSR count). The number of nitrogens with zero attached hydrogens (tertiary/aromatic N) is 3. The molecular weight excluding hydrogens is 437 g/mol. The van der Waals surface area contributed by atoms with Crippen LogP contribution in [0.5, 0.6) is 0 Å². The smallest absolute Gasteiger partial charge is 0.253 e. The van der Waals surface area contributed by atoms with E-state index in [0.29, 0.717) is 24.3 Å². The average Bonchev–Trinajstić information content (AvgIpc) is 2.82.